The molecule has 0 aromatic carbocycles. The zero-order chi connectivity index (χ0) is 7.61. The van der Waals surface area contributed by atoms with Gasteiger partial charge in [0.25, 0.3) is 0 Å². The molecule has 0 amide bonds. The number of nitrogens with zero attached hydrogens (tertiary/aromatic N) is 1. The second kappa shape index (κ2) is 2.89. The van der Waals surface area contributed by atoms with Crippen molar-refractivity contribution < 1.29 is 4.74 Å². The first-order chi connectivity index (χ1) is 4.73. The SMILES string of the molecule is CCN1CCCC1(C)OC. The highest BCUT2D eigenvalue weighted by Gasteiger charge is 2.34. The first-order valence-electron chi connectivity index (χ1n) is 4.03. The molecule has 1 atom stereocenters. The summed E-state index contributed by atoms with van der Waals surface area (Å²) >= 11 is 0. The molecule has 2 heteroatoms. The standard InChI is InChI=1S/C8H17NO/c1-4-9-7-5-6-8(9,2)10-3/h4-7H2,1-3H3. The number of ether oxygens (including phenoxy) is 1. The summed E-state index contributed by atoms with van der Waals surface area (Å²) in [5.41, 5.74) is 0.0365. The quantitative estimate of drug-likeness (QED) is 0.580. The molecule has 1 saturated heterocycles. The molecule has 1 rings (SSSR count). The molecule has 0 aromatic rings. The minimum Gasteiger partial charge on any atom is -0.364 e. The van der Waals surface area contributed by atoms with Crippen molar-refractivity contribution in [3.05, 3.63) is 0 Å². The van der Waals surface area contributed by atoms with Crippen molar-refractivity contribution in [3.63, 3.8) is 0 Å². The Morgan fingerprint density at radius 2 is 2.30 bits per heavy atom. The molecule has 10 heavy (non-hydrogen) atoms. The predicted octanol–water partition coefficient (Wildman–Crippen LogP) is 1.46. The van der Waals surface area contributed by atoms with E-state index >= 15 is 0 Å². The molecule has 1 aliphatic rings. The monoisotopic (exact) mass is 143 g/mol. The number of methoxy groups -OCH3 is 1. The highest BCUT2D eigenvalue weighted by Crippen LogP contribution is 2.28. The van der Waals surface area contributed by atoms with Crippen LogP contribution in [0.25, 0.3) is 0 Å². The van der Waals surface area contributed by atoms with E-state index < -0.39 is 0 Å². The Morgan fingerprint density at radius 3 is 2.70 bits per heavy atom. The number of hydrogen-bond donors (Lipinski definition) is 0. The fourth-order valence-corrected chi connectivity index (χ4v) is 1.72. The first-order valence-corrected chi connectivity index (χ1v) is 4.03. The lowest BCUT2D eigenvalue weighted by Gasteiger charge is -2.32. The van der Waals surface area contributed by atoms with E-state index in [1.807, 2.05) is 0 Å². The molecule has 1 unspecified atom stereocenters. The van der Waals surface area contributed by atoms with Crippen LogP contribution in [-0.2, 0) is 4.74 Å². The van der Waals surface area contributed by atoms with Gasteiger partial charge in [0.05, 0.1) is 0 Å². The second-order valence-electron chi connectivity index (χ2n) is 3.06. The van der Waals surface area contributed by atoms with Gasteiger partial charge >= 0.3 is 0 Å². The summed E-state index contributed by atoms with van der Waals surface area (Å²) in [5, 5.41) is 0. The van der Waals surface area contributed by atoms with Gasteiger partial charge in [0.2, 0.25) is 0 Å². The van der Waals surface area contributed by atoms with Gasteiger partial charge in [-0.2, -0.15) is 0 Å². The van der Waals surface area contributed by atoms with Crippen molar-refractivity contribution in [2.45, 2.75) is 32.4 Å². The van der Waals surface area contributed by atoms with Crippen LogP contribution in [0.2, 0.25) is 0 Å². The fraction of sp³-hybridized carbons (Fsp3) is 1.00. The molecule has 0 saturated carbocycles. The molecule has 0 bridgehead atoms. The summed E-state index contributed by atoms with van der Waals surface area (Å²) in [7, 11) is 1.80. The summed E-state index contributed by atoms with van der Waals surface area (Å²) in [6, 6.07) is 0. The van der Waals surface area contributed by atoms with Crippen molar-refractivity contribution in [3.8, 4) is 0 Å². The average molecular weight is 143 g/mol. The Morgan fingerprint density at radius 1 is 1.60 bits per heavy atom. The molecule has 0 aliphatic carbocycles. The third-order valence-electron chi connectivity index (χ3n) is 2.56. The van der Waals surface area contributed by atoms with Gasteiger partial charge in [-0.25, -0.2) is 0 Å². The van der Waals surface area contributed by atoms with E-state index in [0.717, 1.165) is 6.54 Å². The van der Waals surface area contributed by atoms with E-state index in [-0.39, 0.29) is 5.72 Å². The summed E-state index contributed by atoms with van der Waals surface area (Å²) < 4.78 is 5.43. The Hall–Kier alpha value is -0.0800. The summed E-state index contributed by atoms with van der Waals surface area (Å²) in [6.45, 7) is 6.65. The van der Waals surface area contributed by atoms with Gasteiger partial charge in [-0.15, -0.1) is 0 Å². The molecule has 0 radical (unpaired) electrons. The van der Waals surface area contributed by atoms with E-state index in [0.29, 0.717) is 0 Å². The number of hydrogen-bond acceptors (Lipinski definition) is 2. The van der Waals surface area contributed by atoms with Crippen LogP contribution in [0, 0.1) is 0 Å². The lowest BCUT2D eigenvalue weighted by molar-refractivity contribution is -0.0949. The number of rotatable bonds is 2. The highest BCUT2D eigenvalue weighted by atomic mass is 16.5. The van der Waals surface area contributed by atoms with Crippen LogP contribution in [0.15, 0.2) is 0 Å². The molecule has 0 N–H and O–H groups in total. The zero-order valence-corrected chi connectivity index (χ0v) is 7.18. The molecular formula is C8H17NO. The maximum atomic E-state index is 5.43. The number of likely N-dealkylation sites (tertiary alicyclic amines) is 1. The van der Waals surface area contributed by atoms with Gasteiger partial charge in [0.15, 0.2) is 0 Å². The Balaban J connectivity index is 2.56. The topological polar surface area (TPSA) is 12.5 Å². The highest BCUT2D eigenvalue weighted by molar-refractivity contribution is 4.82. The van der Waals surface area contributed by atoms with Gasteiger partial charge in [-0.1, -0.05) is 6.92 Å². The van der Waals surface area contributed by atoms with Crippen LogP contribution < -0.4 is 0 Å². The third kappa shape index (κ3) is 1.18. The van der Waals surface area contributed by atoms with Crippen molar-refractivity contribution in [2.75, 3.05) is 20.2 Å². The minimum atomic E-state index is 0.0365. The average Bonchev–Trinajstić information content (AvgIpc) is 2.32. The lowest BCUT2D eigenvalue weighted by atomic mass is 10.2. The summed E-state index contributed by atoms with van der Waals surface area (Å²) in [5.74, 6) is 0. The maximum absolute atomic E-state index is 5.43. The van der Waals surface area contributed by atoms with Crippen molar-refractivity contribution in [2.24, 2.45) is 0 Å². The Kier molecular flexibility index (Phi) is 2.32. The van der Waals surface area contributed by atoms with E-state index in [2.05, 4.69) is 18.7 Å². The zero-order valence-electron chi connectivity index (χ0n) is 7.18. The van der Waals surface area contributed by atoms with Crippen LogP contribution in [0.3, 0.4) is 0 Å². The van der Waals surface area contributed by atoms with E-state index in [9.17, 15) is 0 Å². The van der Waals surface area contributed by atoms with E-state index in [1.54, 1.807) is 7.11 Å². The van der Waals surface area contributed by atoms with E-state index in [1.165, 1.54) is 19.4 Å². The molecule has 60 valence electrons. The molecule has 1 fully saturated rings. The largest absolute Gasteiger partial charge is 0.364 e. The van der Waals surface area contributed by atoms with Gasteiger partial charge < -0.3 is 4.74 Å². The van der Waals surface area contributed by atoms with Gasteiger partial charge in [0, 0.05) is 13.7 Å². The molecule has 0 spiro atoms. The molecule has 2 nitrogen and oxygen atoms in total. The molecular weight excluding hydrogens is 126 g/mol. The van der Waals surface area contributed by atoms with Crippen molar-refractivity contribution in [1.82, 2.24) is 4.90 Å². The lowest BCUT2D eigenvalue weighted by Crippen LogP contribution is -2.42. The van der Waals surface area contributed by atoms with Crippen LogP contribution in [0.5, 0.6) is 0 Å². The van der Waals surface area contributed by atoms with Crippen molar-refractivity contribution in [1.29, 1.82) is 0 Å². The van der Waals surface area contributed by atoms with Crippen LogP contribution in [-0.4, -0.2) is 30.8 Å². The smallest absolute Gasteiger partial charge is 0.118 e. The summed E-state index contributed by atoms with van der Waals surface area (Å²) in [6.07, 6.45) is 2.45. The minimum absolute atomic E-state index is 0.0365. The second-order valence-corrected chi connectivity index (χ2v) is 3.06. The first kappa shape index (κ1) is 8.02. The van der Waals surface area contributed by atoms with Gasteiger partial charge in [0.1, 0.15) is 5.72 Å². The maximum Gasteiger partial charge on any atom is 0.118 e. The molecule has 1 aliphatic heterocycles. The van der Waals surface area contributed by atoms with Crippen molar-refractivity contribution >= 4 is 0 Å². The van der Waals surface area contributed by atoms with Gasteiger partial charge in [-0.05, 0) is 26.3 Å². The Bertz CT molecular complexity index is 116. The van der Waals surface area contributed by atoms with Crippen LogP contribution in [0.1, 0.15) is 26.7 Å². The Labute approximate surface area is 63.2 Å². The molecule has 0 aromatic heterocycles. The van der Waals surface area contributed by atoms with Crippen LogP contribution >= 0.6 is 0 Å². The third-order valence-corrected chi connectivity index (χ3v) is 2.56. The molecule has 1 heterocycles. The fourth-order valence-electron chi connectivity index (χ4n) is 1.72. The van der Waals surface area contributed by atoms with Crippen LogP contribution in [0.4, 0.5) is 0 Å². The summed E-state index contributed by atoms with van der Waals surface area (Å²) in [4.78, 5) is 2.38. The predicted molar refractivity (Wildman–Crippen MR) is 41.9 cm³/mol. The van der Waals surface area contributed by atoms with Gasteiger partial charge in [-0.3, -0.25) is 4.90 Å². The van der Waals surface area contributed by atoms with E-state index in [4.69, 9.17) is 4.74 Å². The normalized spacial score (nSPS) is 35.1.